The maximum absolute atomic E-state index is 5.46. The second-order valence-corrected chi connectivity index (χ2v) is 7.38. The molecule has 0 bridgehead atoms. The molecule has 0 radical (unpaired) electrons. The molecular weight excluding hydrogens is 352 g/mol. The van der Waals surface area contributed by atoms with E-state index in [-0.39, 0.29) is 0 Å². The van der Waals surface area contributed by atoms with Crippen LogP contribution in [0.3, 0.4) is 0 Å². The molecule has 0 aliphatic heterocycles. The number of nitrogens with zero attached hydrogens (tertiary/aromatic N) is 2. The van der Waals surface area contributed by atoms with Gasteiger partial charge in [0.05, 0.1) is 13.2 Å². The standard InChI is InChI=1S/C22H38N4O2/c1-23-22(24-14-7-15-28-17-16-27-3)25-18-19-10-12-21(13-11-19)26(2)20-8-5-4-6-9-20/h10-13,20H,4-9,14-18H2,1-3H3,(H2,23,24,25). The second kappa shape index (κ2) is 13.4. The highest BCUT2D eigenvalue weighted by Crippen LogP contribution is 2.26. The van der Waals surface area contributed by atoms with E-state index < -0.39 is 0 Å². The Morgan fingerprint density at radius 1 is 1.07 bits per heavy atom. The molecule has 0 atom stereocenters. The topological polar surface area (TPSA) is 58.1 Å². The fourth-order valence-corrected chi connectivity index (χ4v) is 3.56. The van der Waals surface area contributed by atoms with Gasteiger partial charge in [-0.25, -0.2) is 0 Å². The molecule has 6 heteroatoms. The molecule has 2 rings (SSSR count). The lowest BCUT2D eigenvalue weighted by Gasteiger charge is -2.33. The van der Waals surface area contributed by atoms with Crippen molar-refractivity contribution < 1.29 is 9.47 Å². The van der Waals surface area contributed by atoms with Gasteiger partial charge in [-0.15, -0.1) is 0 Å². The number of methoxy groups -OCH3 is 1. The molecule has 2 N–H and O–H groups in total. The molecule has 0 saturated heterocycles. The summed E-state index contributed by atoms with van der Waals surface area (Å²) in [5.74, 6) is 0.820. The van der Waals surface area contributed by atoms with Crippen molar-refractivity contribution >= 4 is 11.6 Å². The molecule has 6 nitrogen and oxygen atoms in total. The van der Waals surface area contributed by atoms with Gasteiger partial charge in [-0.1, -0.05) is 31.4 Å². The zero-order valence-corrected chi connectivity index (χ0v) is 17.9. The lowest BCUT2D eigenvalue weighted by molar-refractivity contribution is 0.0698. The van der Waals surface area contributed by atoms with Crippen LogP contribution >= 0.6 is 0 Å². The smallest absolute Gasteiger partial charge is 0.191 e. The van der Waals surface area contributed by atoms with Crippen molar-refractivity contribution in [2.75, 3.05) is 52.5 Å². The number of guanidine groups is 1. The Labute approximate surface area is 170 Å². The molecule has 1 saturated carbocycles. The van der Waals surface area contributed by atoms with Gasteiger partial charge in [0.15, 0.2) is 5.96 Å². The van der Waals surface area contributed by atoms with Crippen LogP contribution in [0, 0.1) is 0 Å². The number of hydrogen-bond acceptors (Lipinski definition) is 4. The van der Waals surface area contributed by atoms with Crippen molar-refractivity contribution in [2.45, 2.75) is 51.1 Å². The first-order valence-corrected chi connectivity index (χ1v) is 10.6. The highest BCUT2D eigenvalue weighted by atomic mass is 16.5. The minimum Gasteiger partial charge on any atom is -0.382 e. The molecule has 28 heavy (non-hydrogen) atoms. The predicted octanol–water partition coefficient (Wildman–Crippen LogP) is 3.17. The zero-order valence-electron chi connectivity index (χ0n) is 17.9. The summed E-state index contributed by atoms with van der Waals surface area (Å²) >= 11 is 0. The average molecular weight is 391 g/mol. The Balaban J connectivity index is 1.68. The van der Waals surface area contributed by atoms with Gasteiger partial charge in [0.1, 0.15) is 0 Å². The quantitative estimate of drug-likeness (QED) is 0.345. The maximum Gasteiger partial charge on any atom is 0.191 e. The minimum absolute atomic E-state index is 0.645. The Morgan fingerprint density at radius 2 is 1.82 bits per heavy atom. The number of hydrogen-bond donors (Lipinski definition) is 2. The molecule has 0 unspecified atom stereocenters. The number of benzene rings is 1. The summed E-state index contributed by atoms with van der Waals surface area (Å²) in [5.41, 5.74) is 2.57. The van der Waals surface area contributed by atoms with Gasteiger partial charge in [-0.2, -0.15) is 0 Å². The van der Waals surface area contributed by atoms with Gasteiger partial charge < -0.3 is 25.0 Å². The molecule has 1 aromatic carbocycles. The Hall–Kier alpha value is -1.79. The van der Waals surface area contributed by atoms with Gasteiger partial charge in [-0.05, 0) is 37.0 Å². The van der Waals surface area contributed by atoms with Crippen LogP contribution in [0.2, 0.25) is 0 Å². The highest BCUT2D eigenvalue weighted by molar-refractivity contribution is 5.79. The molecule has 1 fully saturated rings. The molecule has 0 aromatic heterocycles. The SMILES string of the molecule is CN=C(NCCCOCCOC)NCc1ccc(N(C)C2CCCCC2)cc1. The van der Waals surface area contributed by atoms with Crippen molar-refractivity contribution in [1.82, 2.24) is 10.6 Å². The van der Waals surface area contributed by atoms with Crippen LogP contribution in [0.5, 0.6) is 0 Å². The Morgan fingerprint density at radius 3 is 2.50 bits per heavy atom. The van der Waals surface area contributed by atoms with E-state index in [9.17, 15) is 0 Å². The van der Waals surface area contributed by atoms with E-state index >= 15 is 0 Å². The number of rotatable bonds is 11. The lowest BCUT2D eigenvalue weighted by Crippen LogP contribution is -2.37. The van der Waals surface area contributed by atoms with Crippen LogP contribution in [0.4, 0.5) is 5.69 Å². The van der Waals surface area contributed by atoms with E-state index in [0.29, 0.717) is 19.3 Å². The summed E-state index contributed by atoms with van der Waals surface area (Å²) in [4.78, 5) is 6.73. The Kier molecular flexibility index (Phi) is 10.8. The first-order valence-electron chi connectivity index (χ1n) is 10.6. The first-order chi connectivity index (χ1) is 13.7. The van der Waals surface area contributed by atoms with Crippen molar-refractivity contribution in [1.29, 1.82) is 0 Å². The number of anilines is 1. The van der Waals surface area contributed by atoms with Gasteiger partial charge in [-0.3, -0.25) is 4.99 Å². The van der Waals surface area contributed by atoms with Crippen LogP contribution in [-0.4, -0.2) is 59.6 Å². The highest BCUT2D eigenvalue weighted by Gasteiger charge is 2.18. The van der Waals surface area contributed by atoms with Gasteiger partial charge in [0.2, 0.25) is 0 Å². The second-order valence-electron chi connectivity index (χ2n) is 7.38. The third kappa shape index (κ3) is 8.07. The molecule has 0 heterocycles. The summed E-state index contributed by atoms with van der Waals surface area (Å²) in [5, 5.41) is 6.70. The van der Waals surface area contributed by atoms with Crippen LogP contribution in [0.1, 0.15) is 44.1 Å². The Bertz CT molecular complexity index is 556. The molecular formula is C22H38N4O2. The van der Waals surface area contributed by atoms with Crippen molar-refractivity contribution in [3.05, 3.63) is 29.8 Å². The van der Waals surface area contributed by atoms with E-state index in [1.807, 2.05) is 0 Å². The van der Waals surface area contributed by atoms with Crippen LogP contribution in [0.25, 0.3) is 0 Å². The molecule has 158 valence electrons. The lowest BCUT2D eigenvalue weighted by atomic mass is 9.94. The zero-order chi connectivity index (χ0) is 20.0. The van der Waals surface area contributed by atoms with Crippen molar-refractivity contribution in [3.63, 3.8) is 0 Å². The molecule has 0 amide bonds. The minimum atomic E-state index is 0.645. The maximum atomic E-state index is 5.46. The van der Waals surface area contributed by atoms with Crippen LogP contribution < -0.4 is 15.5 Å². The molecule has 0 spiro atoms. The summed E-state index contributed by atoms with van der Waals surface area (Å²) in [6, 6.07) is 9.58. The van der Waals surface area contributed by atoms with E-state index in [0.717, 1.165) is 32.1 Å². The van der Waals surface area contributed by atoms with E-state index in [4.69, 9.17) is 9.47 Å². The normalized spacial score (nSPS) is 15.5. The number of ether oxygens (including phenoxy) is 2. The first kappa shape index (κ1) is 22.5. The monoisotopic (exact) mass is 390 g/mol. The van der Waals surface area contributed by atoms with Gasteiger partial charge >= 0.3 is 0 Å². The van der Waals surface area contributed by atoms with Crippen molar-refractivity contribution in [3.8, 4) is 0 Å². The van der Waals surface area contributed by atoms with Crippen molar-refractivity contribution in [2.24, 2.45) is 4.99 Å². The number of aliphatic imine (C=N–C) groups is 1. The third-order valence-electron chi connectivity index (χ3n) is 5.34. The molecule has 1 aliphatic carbocycles. The van der Waals surface area contributed by atoms with E-state index in [1.165, 1.54) is 43.4 Å². The van der Waals surface area contributed by atoms with Gasteiger partial charge in [0.25, 0.3) is 0 Å². The fraction of sp³-hybridized carbons (Fsp3) is 0.682. The van der Waals surface area contributed by atoms with Gasteiger partial charge in [0, 0.05) is 52.6 Å². The summed E-state index contributed by atoms with van der Waals surface area (Å²) in [6.45, 7) is 3.61. The number of nitrogens with one attached hydrogen (secondary N) is 2. The summed E-state index contributed by atoms with van der Waals surface area (Å²) in [7, 11) is 5.71. The summed E-state index contributed by atoms with van der Waals surface area (Å²) < 4.78 is 10.4. The largest absolute Gasteiger partial charge is 0.382 e. The average Bonchev–Trinajstić information content (AvgIpc) is 2.75. The van der Waals surface area contributed by atoms with Crippen LogP contribution in [0.15, 0.2) is 29.3 Å². The van der Waals surface area contributed by atoms with E-state index in [1.54, 1.807) is 14.2 Å². The summed E-state index contributed by atoms with van der Waals surface area (Å²) in [6.07, 6.45) is 7.70. The van der Waals surface area contributed by atoms with Crippen LogP contribution in [-0.2, 0) is 16.0 Å². The third-order valence-corrected chi connectivity index (χ3v) is 5.34. The molecule has 1 aliphatic rings. The molecule has 1 aromatic rings. The fourth-order valence-electron chi connectivity index (χ4n) is 3.56. The van der Waals surface area contributed by atoms with E-state index in [2.05, 4.69) is 51.8 Å². The predicted molar refractivity (Wildman–Crippen MR) is 117 cm³/mol.